The number of benzene rings is 2. The molecule has 0 bridgehead atoms. The molecule has 28 heavy (non-hydrogen) atoms. The van der Waals surface area contributed by atoms with Gasteiger partial charge in [0.25, 0.3) is 11.2 Å². The van der Waals surface area contributed by atoms with Crippen LogP contribution in [0, 0.1) is 21.4 Å². The van der Waals surface area contributed by atoms with Crippen molar-refractivity contribution in [3.8, 4) is 6.07 Å². The van der Waals surface area contributed by atoms with Crippen molar-refractivity contribution in [3.05, 3.63) is 79.3 Å². The molecule has 0 unspecified atom stereocenters. The van der Waals surface area contributed by atoms with Crippen molar-refractivity contribution in [1.82, 2.24) is 9.55 Å². The molecule has 0 saturated carbocycles. The zero-order chi connectivity index (χ0) is 20.3. The summed E-state index contributed by atoms with van der Waals surface area (Å²) in [6.07, 6.45) is 0. The van der Waals surface area contributed by atoms with Crippen molar-refractivity contribution >= 4 is 34.2 Å². The van der Waals surface area contributed by atoms with E-state index in [-0.39, 0.29) is 23.0 Å². The Labute approximate surface area is 162 Å². The summed E-state index contributed by atoms with van der Waals surface area (Å²) in [7, 11) is 0. The van der Waals surface area contributed by atoms with Gasteiger partial charge >= 0.3 is 5.97 Å². The first-order valence-corrected chi connectivity index (χ1v) is 8.26. The van der Waals surface area contributed by atoms with Gasteiger partial charge in [-0.2, -0.15) is 5.26 Å². The van der Waals surface area contributed by atoms with Crippen LogP contribution < -0.4 is 5.56 Å². The highest BCUT2D eigenvalue weighted by atomic mass is 35.5. The molecule has 0 radical (unpaired) electrons. The Balaban J connectivity index is 1.95. The molecular formula is C18H11ClN4O5. The summed E-state index contributed by atoms with van der Waals surface area (Å²) >= 11 is 5.73. The molecule has 140 valence electrons. The van der Waals surface area contributed by atoms with Gasteiger partial charge in [-0.25, -0.2) is 9.78 Å². The molecule has 0 aliphatic rings. The number of aromatic nitrogens is 2. The van der Waals surface area contributed by atoms with Gasteiger partial charge in [-0.3, -0.25) is 19.5 Å². The van der Waals surface area contributed by atoms with E-state index in [2.05, 4.69) is 4.98 Å². The minimum atomic E-state index is -0.978. The molecule has 3 rings (SSSR count). The number of halogens is 1. The summed E-state index contributed by atoms with van der Waals surface area (Å²) in [5.74, 6) is -0.926. The number of nitrogens with zero attached hydrogens (tertiary/aromatic N) is 4. The van der Waals surface area contributed by atoms with Crippen LogP contribution in [0.2, 0.25) is 5.02 Å². The second-order valence-corrected chi connectivity index (χ2v) is 6.03. The third-order valence-electron chi connectivity index (χ3n) is 3.88. The number of para-hydroxylation sites is 1. The number of rotatable bonds is 5. The molecule has 0 amide bonds. The third kappa shape index (κ3) is 3.67. The van der Waals surface area contributed by atoms with Gasteiger partial charge in [-0.05, 0) is 24.3 Å². The monoisotopic (exact) mass is 398 g/mol. The largest absolute Gasteiger partial charge is 0.454 e. The second kappa shape index (κ2) is 7.85. The topological polar surface area (TPSA) is 128 Å². The summed E-state index contributed by atoms with van der Waals surface area (Å²) in [6.45, 7) is -0.731. The lowest BCUT2D eigenvalue weighted by Crippen LogP contribution is -2.26. The Kier molecular flexibility index (Phi) is 5.33. The lowest BCUT2D eigenvalue weighted by molar-refractivity contribution is -0.385. The van der Waals surface area contributed by atoms with E-state index in [9.17, 15) is 19.7 Å². The molecular weight excluding hydrogens is 388 g/mol. The van der Waals surface area contributed by atoms with Gasteiger partial charge in [-0.1, -0.05) is 23.7 Å². The fraction of sp³-hybridized carbons (Fsp3) is 0.111. The fourth-order valence-corrected chi connectivity index (χ4v) is 2.76. The van der Waals surface area contributed by atoms with Gasteiger partial charge in [0.1, 0.15) is 18.7 Å². The standard InChI is InChI=1S/C18H11ClN4O5/c19-11-5-6-13(15(9-11)23(26)27)18(25)28-10-16-21-14-4-2-1-3-12(14)17(24)22(16)8-7-20/h1-6,9H,8,10H2. The van der Waals surface area contributed by atoms with Crippen LogP contribution in [0.5, 0.6) is 0 Å². The highest BCUT2D eigenvalue weighted by molar-refractivity contribution is 6.31. The van der Waals surface area contributed by atoms with Gasteiger partial charge in [0.15, 0.2) is 5.82 Å². The molecule has 0 fully saturated rings. The van der Waals surface area contributed by atoms with Crippen LogP contribution >= 0.6 is 11.6 Å². The fourth-order valence-electron chi connectivity index (χ4n) is 2.59. The van der Waals surface area contributed by atoms with Crippen LogP contribution in [0.15, 0.2) is 47.3 Å². The zero-order valence-electron chi connectivity index (χ0n) is 14.2. The van der Waals surface area contributed by atoms with Crippen LogP contribution in [0.3, 0.4) is 0 Å². The molecule has 0 N–H and O–H groups in total. The maximum atomic E-state index is 12.6. The Morgan fingerprint density at radius 3 is 2.79 bits per heavy atom. The first-order chi connectivity index (χ1) is 13.4. The quantitative estimate of drug-likeness (QED) is 0.367. The minimum Gasteiger partial charge on any atom is -0.454 e. The van der Waals surface area contributed by atoms with Crippen molar-refractivity contribution in [2.24, 2.45) is 0 Å². The van der Waals surface area contributed by atoms with E-state index in [4.69, 9.17) is 21.6 Å². The van der Waals surface area contributed by atoms with E-state index in [0.717, 1.165) is 10.6 Å². The lowest BCUT2D eigenvalue weighted by Gasteiger charge is -2.11. The summed E-state index contributed by atoms with van der Waals surface area (Å²) in [4.78, 5) is 39.5. The summed E-state index contributed by atoms with van der Waals surface area (Å²) in [6, 6.07) is 11.9. The van der Waals surface area contributed by atoms with E-state index >= 15 is 0 Å². The van der Waals surface area contributed by atoms with E-state index in [1.54, 1.807) is 24.3 Å². The number of carbonyl (C=O) groups excluding carboxylic acids is 1. The van der Waals surface area contributed by atoms with Crippen LogP contribution in [0.4, 0.5) is 5.69 Å². The lowest BCUT2D eigenvalue weighted by atomic mass is 10.2. The van der Waals surface area contributed by atoms with Crippen molar-refractivity contribution in [3.63, 3.8) is 0 Å². The normalized spacial score (nSPS) is 10.4. The molecule has 0 aliphatic heterocycles. The highest BCUT2D eigenvalue weighted by Gasteiger charge is 2.22. The van der Waals surface area contributed by atoms with Crippen molar-refractivity contribution in [2.75, 3.05) is 0 Å². The number of fused-ring (bicyclic) bond motifs is 1. The number of nitro benzene ring substituents is 1. The maximum absolute atomic E-state index is 12.6. The van der Waals surface area contributed by atoms with Gasteiger partial charge in [0, 0.05) is 11.1 Å². The number of ether oxygens (including phenoxy) is 1. The molecule has 0 atom stereocenters. The second-order valence-electron chi connectivity index (χ2n) is 5.59. The predicted octanol–water partition coefficient (Wildman–Crippen LogP) is 2.84. The molecule has 0 aliphatic carbocycles. The average molecular weight is 399 g/mol. The predicted molar refractivity (Wildman–Crippen MR) is 98.8 cm³/mol. The first-order valence-electron chi connectivity index (χ1n) is 7.89. The summed E-state index contributed by atoms with van der Waals surface area (Å²) < 4.78 is 6.21. The van der Waals surface area contributed by atoms with Crippen LogP contribution in [-0.2, 0) is 17.9 Å². The smallest absolute Gasteiger partial charge is 0.345 e. The third-order valence-corrected chi connectivity index (χ3v) is 4.11. The molecule has 9 nitrogen and oxygen atoms in total. The number of esters is 1. The van der Waals surface area contributed by atoms with Gasteiger partial charge in [-0.15, -0.1) is 0 Å². The summed E-state index contributed by atoms with van der Waals surface area (Å²) in [5.41, 5.74) is -0.858. The van der Waals surface area contributed by atoms with Crippen LogP contribution in [0.1, 0.15) is 16.2 Å². The summed E-state index contributed by atoms with van der Waals surface area (Å²) in [5, 5.41) is 20.5. The zero-order valence-corrected chi connectivity index (χ0v) is 14.9. The highest BCUT2D eigenvalue weighted by Crippen LogP contribution is 2.24. The molecule has 3 aromatic rings. The number of carbonyl (C=O) groups is 1. The van der Waals surface area contributed by atoms with E-state index in [1.165, 1.54) is 12.1 Å². The van der Waals surface area contributed by atoms with Crippen molar-refractivity contribution in [2.45, 2.75) is 13.2 Å². The number of nitriles is 1. The van der Waals surface area contributed by atoms with Gasteiger partial charge < -0.3 is 4.74 Å². The van der Waals surface area contributed by atoms with Crippen molar-refractivity contribution < 1.29 is 14.5 Å². The number of hydrogen-bond donors (Lipinski definition) is 0. The van der Waals surface area contributed by atoms with E-state index in [0.29, 0.717) is 10.9 Å². The van der Waals surface area contributed by atoms with E-state index < -0.39 is 28.7 Å². The van der Waals surface area contributed by atoms with Gasteiger partial charge in [0.05, 0.1) is 21.9 Å². The Morgan fingerprint density at radius 1 is 1.32 bits per heavy atom. The Hall–Kier alpha value is -3.77. The average Bonchev–Trinajstić information content (AvgIpc) is 2.68. The molecule has 2 aromatic carbocycles. The molecule has 1 heterocycles. The van der Waals surface area contributed by atoms with E-state index in [1.807, 2.05) is 6.07 Å². The maximum Gasteiger partial charge on any atom is 0.345 e. The molecule has 0 saturated heterocycles. The Bertz CT molecular complexity index is 1200. The molecule has 10 heteroatoms. The Morgan fingerprint density at radius 2 is 2.07 bits per heavy atom. The van der Waals surface area contributed by atoms with Crippen molar-refractivity contribution in [1.29, 1.82) is 5.26 Å². The molecule has 0 spiro atoms. The number of hydrogen-bond acceptors (Lipinski definition) is 7. The first kappa shape index (κ1) is 19.0. The van der Waals surface area contributed by atoms with Gasteiger partial charge in [0.2, 0.25) is 0 Å². The number of nitro groups is 1. The SMILES string of the molecule is N#CCn1c(COC(=O)c2ccc(Cl)cc2[N+](=O)[O-])nc2ccccc2c1=O. The minimum absolute atomic E-state index is 0.0511. The molecule has 1 aromatic heterocycles. The van der Waals surface area contributed by atoms with Crippen LogP contribution in [-0.4, -0.2) is 20.4 Å². The van der Waals surface area contributed by atoms with Crippen LogP contribution in [0.25, 0.3) is 10.9 Å².